The van der Waals surface area contributed by atoms with Crippen LogP contribution in [0.2, 0.25) is 0 Å². The molecule has 0 aliphatic carbocycles. The summed E-state index contributed by atoms with van der Waals surface area (Å²) in [7, 11) is 0. The molecule has 0 saturated carbocycles. The van der Waals surface area contributed by atoms with Gasteiger partial charge in [0.15, 0.2) is 0 Å². The third-order valence-corrected chi connectivity index (χ3v) is 1.48. The van der Waals surface area contributed by atoms with Crippen LogP contribution in [-0.2, 0) is 0 Å². The van der Waals surface area contributed by atoms with Crippen LogP contribution >= 0.6 is 0 Å². The fourth-order valence-electron chi connectivity index (χ4n) is 0.891. The summed E-state index contributed by atoms with van der Waals surface area (Å²) in [4.78, 5) is 0. The summed E-state index contributed by atoms with van der Waals surface area (Å²) in [5.74, 6) is 0. The van der Waals surface area contributed by atoms with E-state index in [1.54, 1.807) is 0 Å². The van der Waals surface area contributed by atoms with Gasteiger partial charge in [-0.05, 0) is 12.5 Å². The van der Waals surface area contributed by atoms with Crippen molar-refractivity contribution in [3.63, 3.8) is 0 Å². The molecule has 1 aliphatic rings. The van der Waals surface area contributed by atoms with Crippen LogP contribution in [0.25, 0.3) is 0 Å². The molecule has 1 aliphatic heterocycles. The van der Waals surface area contributed by atoms with E-state index in [9.17, 15) is 0 Å². The number of nitrogens with two attached hydrogens (primary N) is 1. The van der Waals surface area contributed by atoms with Crippen molar-refractivity contribution in [3.05, 3.63) is 23.4 Å². The summed E-state index contributed by atoms with van der Waals surface area (Å²) < 4.78 is 0. The molecule has 0 aromatic carbocycles. The highest BCUT2D eigenvalue weighted by Crippen LogP contribution is 2.04. The van der Waals surface area contributed by atoms with Crippen LogP contribution in [0.4, 0.5) is 0 Å². The van der Waals surface area contributed by atoms with Crippen molar-refractivity contribution in [1.29, 1.82) is 0 Å². The molecular weight excluding hydrogens is 136 g/mol. The van der Waals surface area contributed by atoms with Crippen LogP contribution in [0.1, 0.15) is 20.8 Å². The Kier molecular flexibility index (Phi) is 5.57. The highest BCUT2D eigenvalue weighted by atomic mass is 14.9. The molecule has 1 heterocycles. The lowest BCUT2D eigenvalue weighted by atomic mass is 10.1. The van der Waals surface area contributed by atoms with Gasteiger partial charge in [-0.15, -0.1) is 0 Å². The summed E-state index contributed by atoms with van der Waals surface area (Å²) in [5.41, 5.74) is 7.86. The Bertz CT molecular complexity index is 157. The number of dihydropyridines is 1. The molecule has 0 spiro atoms. The van der Waals surface area contributed by atoms with E-state index in [1.807, 2.05) is 13.8 Å². The molecule has 0 aromatic rings. The van der Waals surface area contributed by atoms with Gasteiger partial charge in [-0.2, -0.15) is 0 Å². The first-order valence-electron chi connectivity index (χ1n) is 4.15. The maximum Gasteiger partial charge on any atom is 0.0331 e. The van der Waals surface area contributed by atoms with E-state index >= 15 is 0 Å². The Balaban J connectivity index is 0.000000461. The molecule has 3 N–H and O–H groups in total. The van der Waals surface area contributed by atoms with Gasteiger partial charge in [0.25, 0.3) is 0 Å². The first kappa shape index (κ1) is 10.2. The second-order valence-electron chi connectivity index (χ2n) is 2.15. The van der Waals surface area contributed by atoms with Gasteiger partial charge in [-0.25, -0.2) is 0 Å². The first-order chi connectivity index (χ1) is 5.34. The van der Waals surface area contributed by atoms with Crippen LogP contribution in [-0.4, -0.2) is 13.1 Å². The highest BCUT2D eigenvalue weighted by Gasteiger charge is 1.98. The summed E-state index contributed by atoms with van der Waals surface area (Å²) in [6.07, 6.45) is 4.19. The zero-order chi connectivity index (χ0) is 8.69. The Hall–Kier alpha value is -0.760. The second-order valence-corrected chi connectivity index (χ2v) is 2.15. The predicted octanol–water partition coefficient (Wildman–Crippen LogP) is 1.40. The number of rotatable bonds is 1. The molecule has 0 atom stereocenters. The summed E-state index contributed by atoms with van der Waals surface area (Å²) in [5, 5.41) is 3.19. The van der Waals surface area contributed by atoms with Crippen molar-refractivity contribution in [2.45, 2.75) is 20.8 Å². The summed E-state index contributed by atoms with van der Waals surface area (Å²) >= 11 is 0. The zero-order valence-electron chi connectivity index (χ0n) is 7.65. The lowest BCUT2D eigenvalue weighted by Crippen LogP contribution is -2.23. The van der Waals surface area contributed by atoms with Gasteiger partial charge < -0.3 is 11.1 Å². The predicted molar refractivity (Wildman–Crippen MR) is 50.2 cm³/mol. The van der Waals surface area contributed by atoms with Crippen molar-refractivity contribution in [2.24, 2.45) is 5.73 Å². The van der Waals surface area contributed by atoms with Crippen molar-refractivity contribution < 1.29 is 0 Å². The molecule has 1 rings (SSSR count). The molecule has 0 unspecified atom stereocenters. The molecule has 2 nitrogen and oxygen atoms in total. The molecule has 0 radical (unpaired) electrons. The largest absolute Gasteiger partial charge is 0.384 e. The van der Waals surface area contributed by atoms with E-state index in [0.717, 1.165) is 12.2 Å². The maximum absolute atomic E-state index is 5.44. The van der Waals surface area contributed by atoms with Crippen molar-refractivity contribution in [3.8, 4) is 0 Å². The Morgan fingerprint density at radius 3 is 2.55 bits per heavy atom. The van der Waals surface area contributed by atoms with Gasteiger partial charge in [0.05, 0.1) is 0 Å². The highest BCUT2D eigenvalue weighted by molar-refractivity contribution is 5.27. The van der Waals surface area contributed by atoms with Crippen LogP contribution in [0.3, 0.4) is 0 Å². The second kappa shape index (κ2) is 5.98. The smallest absolute Gasteiger partial charge is 0.0331 e. The minimum absolute atomic E-state index is 0.621. The van der Waals surface area contributed by atoms with Crippen molar-refractivity contribution in [1.82, 2.24) is 5.32 Å². The molecule has 2 heteroatoms. The SMILES string of the molecule is CC.CC1=C(CN)NCC=C1. The molecule has 11 heavy (non-hydrogen) atoms. The lowest BCUT2D eigenvalue weighted by molar-refractivity contribution is 0.834. The molecule has 0 amide bonds. The van der Waals surface area contributed by atoms with E-state index in [2.05, 4.69) is 24.4 Å². The van der Waals surface area contributed by atoms with E-state index in [-0.39, 0.29) is 0 Å². The van der Waals surface area contributed by atoms with Crippen molar-refractivity contribution >= 4 is 0 Å². The molecular formula is C9H18N2. The van der Waals surface area contributed by atoms with Crippen LogP contribution in [0.15, 0.2) is 23.4 Å². The van der Waals surface area contributed by atoms with Gasteiger partial charge in [-0.1, -0.05) is 26.0 Å². The average molecular weight is 154 g/mol. The monoisotopic (exact) mass is 154 g/mol. The van der Waals surface area contributed by atoms with E-state index in [0.29, 0.717) is 6.54 Å². The fourth-order valence-corrected chi connectivity index (χ4v) is 0.891. The Labute approximate surface area is 69.2 Å². The Morgan fingerprint density at radius 2 is 2.18 bits per heavy atom. The summed E-state index contributed by atoms with van der Waals surface area (Å²) in [6.45, 7) is 7.60. The van der Waals surface area contributed by atoms with Crippen LogP contribution in [0.5, 0.6) is 0 Å². The van der Waals surface area contributed by atoms with Gasteiger partial charge in [-0.3, -0.25) is 0 Å². The third kappa shape index (κ3) is 3.23. The quantitative estimate of drug-likeness (QED) is 0.599. The van der Waals surface area contributed by atoms with Crippen molar-refractivity contribution in [2.75, 3.05) is 13.1 Å². The van der Waals surface area contributed by atoms with Gasteiger partial charge in [0.1, 0.15) is 0 Å². The molecule has 64 valence electrons. The Morgan fingerprint density at radius 1 is 1.55 bits per heavy atom. The van der Waals surface area contributed by atoms with E-state index < -0.39 is 0 Å². The van der Waals surface area contributed by atoms with Gasteiger partial charge in [0, 0.05) is 18.8 Å². The maximum atomic E-state index is 5.44. The molecule has 0 saturated heterocycles. The number of allylic oxidation sites excluding steroid dienone is 2. The zero-order valence-corrected chi connectivity index (χ0v) is 7.65. The van der Waals surface area contributed by atoms with Gasteiger partial charge in [0.2, 0.25) is 0 Å². The third-order valence-electron chi connectivity index (χ3n) is 1.48. The lowest BCUT2D eigenvalue weighted by Gasteiger charge is -2.12. The first-order valence-corrected chi connectivity index (χ1v) is 4.15. The van der Waals surface area contributed by atoms with Crippen LogP contribution < -0.4 is 11.1 Å². The number of hydrogen-bond acceptors (Lipinski definition) is 2. The standard InChI is InChI=1S/C7H12N2.C2H6/c1-6-3-2-4-9-7(6)5-8;1-2/h2-3,9H,4-5,8H2,1H3;1-2H3. The van der Waals surface area contributed by atoms with E-state index in [4.69, 9.17) is 5.73 Å². The van der Waals surface area contributed by atoms with E-state index in [1.165, 1.54) is 5.57 Å². The van der Waals surface area contributed by atoms with Gasteiger partial charge >= 0.3 is 0 Å². The molecule has 0 fully saturated rings. The average Bonchev–Trinajstić information content (AvgIpc) is 2.09. The van der Waals surface area contributed by atoms with Crippen LogP contribution in [0, 0.1) is 0 Å². The number of nitrogens with one attached hydrogen (secondary N) is 1. The molecule has 0 bridgehead atoms. The summed E-state index contributed by atoms with van der Waals surface area (Å²) in [6, 6.07) is 0. The fraction of sp³-hybridized carbons (Fsp3) is 0.556. The molecule has 0 aromatic heterocycles. The minimum atomic E-state index is 0.621. The normalized spacial score (nSPS) is 15.3. The topological polar surface area (TPSA) is 38.0 Å². The minimum Gasteiger partial charge on any atom is -0.384 e. The number of hydrogen-bond donors (Lipinski definition) is 2.